The molecular formula is C23H27N3O4S. The van der Waals surface area contributed by atoms with Crippen molar-refractivity contribution >= 4 is 33.2 Å². The number of nitrogens with zero attached hydrogens (tertiary/aromatic N) is 2. The molecule has 4 rings (SSSR count). The van der Waals surface area contributed by atoms with E-state index in [0.717, 1.165) is 12.1 Å². The molecule has 0 aromatic heterocycles. The van der Waals surface area contributed by atoms with E-state index in [0.29, 0.717) is 43.6 Å². The molecule has 31 heavy (non-hydrogen) atoms. The third kappa shape index (κ3) is 4.36. The van der Waals surface area contributed by atoms with Gasteiger partial charge in [-0.15, -0.1) is 0 Å². The number of hydrogen-bond acceptors (Lipinski definition) is 4. The summed E-state index contributed by atoms with van der Waals surface area (Å²) in [5.74, 6) is -0.354. The van der Waals surface area contributed by atoms with E-state index >= 15 is 0 Å². The third-order valence-corrected chi connectivity index (χ3v) is 7.93. The van der Waals surface area contributed by atoms with Gasteiger partial charge in [0.05, 0.1) is 5.75 Å². The van der Waals surface area contributed by atoms with E-state index < -0.39 is 16.1 Å². The zero-order valence-electron chi connectivity index (χ0n) is 17.6. The number of anilines is 2. The molecule has 2 heterocycles. The maximum atomic E-state index is 12.9. The number of nitrogens with one attached hydrogen (secondary N) is 1. The molecule has 0 spiro atoms. The number of amides is 2. The number of carbonyl (C=O) groups excluding carboxylic acids is 2. The van der Waals surface area contributed by atoms with Crippen molar-refractivity contribution in [3.63, 3.8) is 0 Å². The molecule has 0 bridgehead atoms. The Labute approximate surface area is 183 Å². The van der Waals surface area contributed by atoms with Gasteiger partial charge in [-0.2, -0.15) is 4.31 Å². The summed E-state index contributed by atoms with van der Waals surface area (Å²) in [6.45, 7) is 2.85. The molecule has 2 aliphatic rings. The number of carbonyl (C=O) groups is 2. The van der Waals surface area contributed by atoms with E-state index in [1.807, 2.05) is 31.2 Å². The van der Waals surface area contributed by atoms with Crippen LogP contribution in [-0.2, 0) is 21.2 Å². The fraction of sp³-hybridized carbons (Fsp3) is 0.391. The minimum absolute atomic E-state index is 0.0488. The second-order valence-corrected chi connectivity index (χ2v) is 10.0. The summed E-state index contributed by atoms with van der Waals surface area (Å²) in [6.07, 6.45) is 2.55. The lowest BCUT2D eigenvalue weighted by atomic mass is 10.1. The molecule has 1 fully saturated rings. The minimum Gasteiger partial charge on any atom is -0.325 e. The molecule has 1 saturated heterocycles. The van der Waals surface area contributed by atoms with E-state index in [1.165, 1.54) is 9.87 Å². The molecule has 0 saturated carbocycles. The Bertz CT molecular complexity index is 1080. The summed E-state index contributed by atoms with van der Waals surface area (Å²) in [4.78, 5) is 27.5. The monoisotopic (exact) mass is 441 g/mol. The Morgan fingerprint density at radius 1 is 1.06 bits per heavy atom. The van der Waals surface area contributed by atoms with Crippen LogP contribution < -0.4 is 10.2 Å². The number of sulfonamides is 1. The molecule has 1 atom stereocenters. The molecule has 2 aromatic rings. The summed E-state index contributed by atoms with van der Waals surface area (Å²) in [7, 11) is -3.43. The fourth-order valence-electron chi connectivity index (χ4n) is 4.34. The highest BCUT2D eigenvalue weighted by molar-refractivity contribution is 7.89. The summed E-state index contributed by atoms with van der Waals surface area (Å²) in [5, 5.41) is 2.81. The zero-order valence-corrected chi connectivity index (χ0v) is 18.4. The highest BCUT2D eigenvalue weighted by Crippen LogP contribution is 2.29. The lowest BCUT2D eigenvalue weighted by Gasteiger charge is -2.23. The first-order chi connectivity index (χ1) is 14.9. The van der Waals surface area contributed by atoms with E-state index in [-0.39, 0.29) is 17.6 Å². The topological polar surface area (TPSA) is 86.8 Å². The van der Waals surface area contributed by atoms with Gasteiger partial charge < -0.3 is 10.2 Å². The fourth-order valence-corrected chi connectivity index (χ4v) is 6.08. The number of para-hydroxylation sites is 1. The van der Waals surface area contributed by atoms with Crippen molar-refractivity contribution in [2.75, 3.05) is 29.1 Å². The number of hydrogen-bond donors (Lipinski definition) is 1. The largest absolute Gasteiger partial charge is 0.325 e. The maximum absolute atomic E-state index is 12.9. The molecule has 1 N–H and O–H groups in total. The molecule has 0 aliphatic carbocycles. The van der Waals surface area contributed by atoms with Gasteiger partial charge in [-0.1, -0.05) is 25.1 Å². The average molecular weight is 442 g/mol. The van der Waals surface area contributed by atoms with Crippen LogP contribution in [0, 0.1) is 0 Å². The van der Waals surface area contributed by atoms with Gasteiger partial charge in [0.1, 0.15) is 6.04 Å². The Kier molecular flexibility index (Phi) is 6.11. The van der Waals surface area contributed by atoms with Gasteiger partial charge in [0.25, 0.3) is 5.91 Å². The van der Waals surface area contributed by atoms with E-state index in [2.05, 4.69) is 5.32 Å². The van der Waals surface area contributed by atoms with Crippen LogP contribution >= 0.6 is 0 Å². The highest BCUT2D eigenvalue weighted by atomic mass is 32.2. The van der Waals surface area contributed by atoms with Crippen LogP contribution in [0.4, 0.5) is 11.4 Å². The zero-order chi connectivity index (χ0) is 22.0. The van der Waals surface area contributed by atoms with Crippen molar-refractivity contribution in [3.05, 3.63) is 59.7 Å². The van der Waals surface area contributed by atoms with Gasteiger partial charge in [0, 0.05) is 30.0 Å². The molecule has 2 aliphatic heterocycles. The van der Waals surface area contributed by atoms with Crippen LogP contribution in [0.2, 0.25) is 0 Å². The first-order valence-corrected chi connectivity index (χ1v) is 12.3. The summed E-state index contributed by atoms with van der Waals surface area (Å²) < 4.78 is 26.2. The van der Waals surface area contributed by atoms with Gasteiger partial charge in [-0.05, 0) is 61.6 Å². The van der Waals surface area contributed by atoms with Crippen LogP contribution in [0.15, 0.2) is 48.5 Å². The lowest BCUT2D eigenvalue weighted by molar-refractivity contribution is -0.119. The molecule has 2 amide bonds. The average Bonchev–Trinajstić information content (AvgIpc) is 3.42. The van der Waals surface area contributed by atoms with Gasteiger partial charge in [0.15, 0.2) is 0 Å². The molecule has 164 valence electrons. The second-order valence-electron chi connectivity index (χ2n) is 7.99. The Morgan fingerprint density at radius 3 is 2.55 bits per heavy atom. The molecule has 8 heteroatoms. The predicted molar refractivity (Wildman–Crippen MR) is 121 cm³/mol. The number of rotatable bonds is 6. The predicted octanol–water partition coefficient (Wildman–Crippen LogP) is 3.03. The first-order valence-electron chi connectivity index (χ1n) is 10.7. The van der Waals surface area contributed by atoms with Crippen LogP contribution in [-0.4, -0.2) is 49.4 Å². The number of benzene rings is 2. The summed E-state index contributed by atoms with van der Waals surface area (Å²) >= 11 is 0. The summed E-state index contributed by atoms with van der Waals surface area (Å²) in [6, 6.07) is 14.0. The van der Waals surface area contributed by atoms with Crippen molar-refractivity contribution in [2.24, 2.45) is 0 Å². The highest BCUT2D eigenvalue weighted by Gasteiger charge is 2.38. The Hall–Kier alpha value is -2.71. The smallest absolute Gasteiger partial charge is 0.258 e. The van der Waals surface area contributed by atoms with E-state index in [9.17, 15) is 18.0 Å². The van der Waals surface area contributed by atoms with Gasteiger partial charge >= 0.3 is 0 Å². The van der Waals surface area contributed by atoms with Crippen LogP contribution in [0.25, 0.3) is 0 Å². The first kappa shape index (κ1) is 21.5. The third-order valence-electron chi connectivity index (χ3n) is 5.86. The second kappa shape index (κ2) is 8.80. The molecule has 7 nitrogen and oxygen atoms in total. The SMILES string of the molecule is CCCS(=O)(=O)N1CCCC1C(=O)Nc1ccc(C(=O)N2CCc3ccccc32)cc1. The lowest BCUT2D eigenvalue weighted by Crippen LogP contribution is -2.44. The van der Waals surface area contributed by atoms with Crippen molar-refractivity contribution in [1.82, 2.24) is 4.31 Å². The molecular weight excluding hydrogens is 414 g/mol. The quantitative estimate of drug-likeness (QED) is 0.747. The molecule has 1 unspecified atom stereocenters. The normalized spacial score (nSPS) is 18.7. The van der Waals surface area contributed by atoms with E-state index in [4.69, 9.17) is 0 Å². The van der Waals surface area contributed by atoms with Crippen molar-refractivity contribution < 1.29 is 18.0 Å². The Balaban J connectivity index is 1.43. The number of fused-ring (bicyclic) bond motifs is 1. The molecule has 0 radical (unpaired) electrons. The van der Waals surface area contributed by atoms with Gasteiger partial charge in [-0.25, -0.2) is 8.42 Å². The van der Waals surface area contributed by atoms with Crippen LogP contribution in [0.1, 0.15) is 42.1 Å². The standard InChI is InChI=1S/C23H27N3O4S/c1-2-16-31(29,30)26-14-5-8-21(26)22(27)24-19-11-9-18(10-12-19)23(28)25-15-13-17-6-3-4-7-20(17)25/h3-4,6-7,9-12,21H,2,5,8,13-16H2,1H3,(H,24,27). The van der Waals surface area contributed by atoms with Crippen molar-refractivity contribution in [2.45, 2.75) is 38.6 Å². The van der Waals surface area contributed by atoms with Crippen molar-refractivity contribution in [3.8, 4) is 0 Å². The van der Waals surface area contributed by atoms with E-state index in [1.54, 1.807) is 29.2 Å². The molecule has 2 aromatic carbocycles. The minimum atomic E-state index is -3.43. The Morgan fingerprint density at radius 2 is 1.81 bits per heavy atom. The van der Waals surface area contributed by atoms with Gasteiger partial charge in [-0.3, -0.25) is 9.59 Å². The van der Waals surface area contributed by atoms with Crippen LogP contribution in [0.5, 0.6) is 0 Å². The van der Waals surface area contributed by atoms with Gasteiger partial charge in [0.2, 0.25) is 15.9 Å². The summed E-state index contributed by atoms with van der Waals surface area (Å²) in [5.41, 5.74) is 3.20. The van der Waals surface area contributed by atoms with Crippen LogP contribution in [0.3, 0.4) is 0 Å². The van der Waals surface area contributed by atoms with Crippen molar-refractivity contribution in [1.29, 1.82) is 0 Å². The maximum Gasteiger partial charge on any atom is 0.258 e.